The number of aliphatic hydroxyl groups excluding tert-OH is 1. The molecule has 0 fully saturated rings. The molecule has 3 aromatic rings. The molecule has 1 aromatic heterocycles. The predicted molar refractivity (Wildman–Crippen MR) is 87.0 cm³/mol. The van der Waals surface area contributed by atoms with Crippen LogP contribution < -0.4 is 5.56 Å². The number of rotatable bonds is 2. The molecule has 0 atom stereocenters. The topological polar surface area (TPSA) is 66.0 Å². The Bertz CT molecular complexity index is 900. The summed E-state index contributed by atoms with van der Waals surface area (Å²) >= 11 is 3.36. The third kappa shape index (κ3) is 2.73. The summed E-state index contributed by atoms with van der Waals surface area (Å²) < 4.78 is 0.746. The van der Waals surface area contributed by atoms with Gasteiger partial charge in [0.1, 0.15) is 11.5 Å². The van der Waals surface area contributed by atoms with Gasteiger partial charge in [-0.1, -0.05) is 46.3 Å². The number of nitrogens with one attached hydrogen (secondary N) is 1. The summed E-state index contributed by atoms with van der Waals surface area (Å²) in [5.74, 6) is -0.0178. The number of nitrogens with zero attached hydrogens (tertiary/aromatic N) is 1. The summed E-state index contributed by atoms with van der Waals surface area (Å²) in [5, 5.41) is 10.2. The molecule has 4 nitrogen and oxygen atoms in total. The van der Waals surface area contributed by atoms with Gasteiger partial charge in [-0.3, -0.25) is 4.79 Å². The number of aromatic nitrogens is 2. The van der Waals surface area contributed by atoms with Crippen molar-refractivity contribution in [3.05, 3.63) is 74.6 Å². The van der Waals surface area contributed by atoms with E-state index in [1.54, 1.807) is 18.2 Å². The first-order valence-corrected chi connectivity index (χ1v) is 7.09. The van der Waals surface area contributed by atoms with Gasteiger partial charge in [-0.2, -0.15) is 0 Å². The van der Waals surface area contributed by atoms with E-state index in [2.05, 4.69) is 25.9 Å². The van der Waals surface area contributed by atoms with Crippen LogP contribution in [0, 0.1) is 0 Å². The Morgan fingerprint density at radius 3 is 2.67 bits per heavy atom. The summed E-state index contributed by atoms with van der Waals surface area (Å²) in [6.07, 6.45) is 1.37. The van der Waals surface area contributed by atoms with Gasteiger partial charge in [-0.05, 0) is 18.2 Å². The van der Waals surface area contributed by atoms with Crippen molar-refractivity contribution in [1.29, 1.82) is 0 Å². The number of H-pyrrole nitrogens is 1. The second kappa shape index (κ2) is 5.54. The molecule has 104 valence electrons. The molecule has 0 aliphatic rings. The van der Waals surface area contributed by atoms with Gasteiger partial charge in [0.05, 0.1) is 11.0 Å². The van der Waals surface area contributed by atoms with Crippen molar-refractivity contribution in [2.24, 2.45) is 0 Å². The first-order chi connectivity index (χ1) is 10.1. The van der Waals surface area contributed by atoms with Gasteiger partial charge in [0.15, 0.2) is 0 Å². The molecule has 0 saturated carbocycles. The van der Waals surface area contributed by atoms with Crippen LogP contribution in [-0.4, -0.2) is 15.1 Å². The van der Waals surface area contributed by atoms with Crippen molar-refractivity contribution in [2.75, 3.05) is 0 Å². The van der Waals surface area contributed by atoms with Crippen molar-refractivity contribution in [2.45, 2.75) is 0 Å². The average Bonchev–Trinajstić information content (AvgIpc) is 2.48. The highest BCUT2D eigenvalue weighted by molar-refractivity contribution is 9.10. The molecular formula is C16H11BrN2O2. The molecule has 0 amide bonds. The lowest BCUT2D eigenvalue weighted by Gasteiger charge is -2.03. The van der Waals surface area contributed by atoms with E-state index in [0.29, 0.717) is 16.6 Å². The fourth-order valence-electron chi connectivity index (χ4n) is 2.02. The fraction of sp³-hybridized carbons (Fsp3) is 0. The monoisotopic (exact) mass is 342 g/mol. The van der Waals surface area contributed by atoms with E-state index in [4.69, 9.17) is 0 Å². The fourth-order valence-corrected chi connectivity index (χ4v) is 2.51. The van der Waals surface area contributed by atoms with E-state index in [1.165, 1.54) is 6.08 Å². The van der Waals surface area contributed by atoms with Gasteiger partial charge in [0.25, 0.3) is 5.56 Å². The van der Waals surface area contributed by atoms with Crippen molar-refractivity contribution < 1.29 is 5.11 Å². The number of aliphatic hydroxyl groups is 1. The SMILES string of the molecule is O=c1[nH]c2ccccc2nc1C=C(O)c1ccccc1Br. The van der Waals surface area contributed by atoms with E-state index in [-0.39, 0.29) is 17.0 Å². The van der Waals surface area contributed by atoms with Crippen LogP contribution in [0.4, 0.5) is 0 Å². The van der Waals surface area contributed by atoms with Crippen LogP contribution >= 0.6 is 15.9 Å². The van der Waals surface area contributed by atoms with Gasteiger partial charge in [-0.25, -0.2) is 4.98 Å². The molecule has 0 aliphatic carbocycles. The number of hydrogen-bond acceptors (Lipinski definition) is 3. The number of fused-ring (bicyclic) bond motifs is 1. The Labute approximate surface area is 128 Å². The normalized spacial score (nSPS) is 11.8. The Balaban J connectivity index is 2.13. The molecule has 0 saturated heterocycles. The molecular weight excluding hydrogens is 332 g/mol. The highest BCUT2D eigenvalue weighted by Gasteiger charge is 2.07. The Morgan fingerprint density at radius 2 is 1.86 bits per heavy atom. The Morgan fingerprint density at radius 1 is 1.14 bits per heavy atom. The van der Waals surface area contributed by atoms with Crippen LogP contribution in [0.3, 0.4) is 0 Å². The first kappa shape index (κ1) is 13.6. The third-order valence-corrected chi connectivity index (χ3v) is 3.74. The van der Waals surface area contributed by atoms with E-state index >= 15 is 0 Å². The summed E-state index contributed by atoms with van der Waals surface area (Å²) in [5.41, 5.74) is 1.77. The lowest BCUT2D eigenvalue weighted by Crippen LogP contribution is -2.12. The lowest BCUT2D eigenvalue weighted by atomic mass is 10.1. The van der Waals surface area contributed by atoms with Gasteiger partial charge >= 0.3 is 0 Å². The van der Waals surface area contributed by atoms with Crippen molar-refractivity contribution in [1.82, 2.24) is 9.97 Å². The molecule has 2 aromatic carbocycles. The van der Waals surface area contributed by atoms with Gasteiger partial charge in [0, 0.05) is 16.1 Å². The molecule has 0 unspecified atom stereocenters. The van der Waals surface area contributed by atoms with E-state index in [1.807, 2.05) is 30.3 Å². The quantitative estimate of drug-likeness (QED) is 0.697. The maximum absolute atomic E-state index is 12.0. The molecule has 2 N–H and O–H groups in total. The standard InChI is InChI=1S/C16H11BrN2O2/c17-11-6-2-1-5-10(11)15(20)9-14-16(21)19-13-8-4-3-7-12(13)18-14/h1-9,20H,(H,19,21). The van der Waals surface area contributed by atoms with Gasteiger partial charge in [-0.15, -0.1) is 0 Å². The van der Waals surface area contributed by atoms with Gasteiger partial charge < -0.3 is 10.1 Å². The third-order valence-electron chi connectivity index (χ3n) is 3.05. The Kier molecular flexibility index (Phi) is 3.58. The number of halogens is 1. The summed E-state index contributed by atoms with van der Waals surface area (Å²) in [4.78, 5) is 19.0. The molecule has 21 heavy (non-hydrogen) atoms. The second-order valence-electron chi connectivity index (χ2n) is 4.48. The molecule has 3 rings (SSSR count). The molecule has 0 radical (unpaired) electrons. The smallest absolute Gasteiger partial charge is 0.274 e. The minimum atomic E-state index is -0.340. The summed E-state index contributed by atoms with van der Waals surface area (Å²) in [7, 11) is 0. The Hall–Kier alpha value is -2.40. The van der Waals surface area contributed by atoms with E-state index < -0.39 is 0 Å². The zero-order chi connectivity index (χ0) is 14.8. The van der Waals surface area contributed by atoms with Crippen molar-refractivity contribution >= 4 is 38.8 Å². The zero-order valence-electron chi connectivity index (χ0n) is 10.9. The second-order valence-corrected chi connectivity index (χ2v) is 5.33. The highest BCUT2D eigenvalue weighted by Crippen LogP contribution is 2.23. The number of para-hydroxylation sites is 2. The highest BCUT2D eigenvalue weighted by atomic mass is 79.9. The van der Waals surface area contributed by atoms with E-state index in [0.717, 1.165) is 4.47 Å². The molecule has 0 bridgehead atoms. The van der Waals surface area contributed by atoms with Crippen LogP contribution in [0.15, 0.2) is 57.8 Å². The van der Waals surface area contributed by atoms with Crippen molar-refractivity contribution in [3.63, 3.8) is 0 Å². The van der Waals surface area contributed by atoms with Crippen LogP contribution in [0.25, 0.3) is 22.9 Å². The van der Waals surface area contributed by atoms with Crippen LogP contribution in [-0.2, 0) is 0 Å². The minimum Gasteiger partial charge on any atom is -0.507 e. The zero-order valence-corrected chi connectivity index (χ0v) is 12.5. The van der Waals surface area contributed by atoms with E-state index in [9.17, 15) is 9.90 Å². The van der Waals surface area contributed by atoms with Crippen LogP contribution in [0.2, 0.25) is 0 Å². The minimum absolute atomic E-state index is 0.0178. The number of benzene rings is 2. The van der Waals surface area contributed by atoms with Crippen LogP contribution in [0.1, 0.15) is 11.3 Å². The average molecular weight is 343 g/mol. The molecule has 1 heterocycles. The molecule has 0 aliphatic heterocycles. The van der Waals surface area contributed by atoms with Crippen molar-refractivity contribution in [3.8, 4) is 0 Å². The maximum Gasteiger partial charge on any atom is 0.274 e. The predicted octanol–water partition coefficient (Wildman–Crippen LogP) is 3.74. The molecule has 5 heteroatoms. The summed E-state index contributed by atoms with van der Waals surface area (Å²) in [6.45, 7) is 0. The number of aromatic amines is 1. The van der Waals surface area contributed by atoms with Gasteiger partial charge in [0.2, 0.25) is 0 Å². The first-order valence-electron chi connectivity index (χ1n) is 6.30. The summed E-state index contributed by atoms with van der Waals surface area (Å²) in [6, 6.07) is 14.5. The molecule has 0 spiro atoms. The largest absolute Gasteiger partial charge is 0.507 e. The maximum atomic E-state index is 12.0. The number of hydrogen-bond donors (Lipinski definition) is 2. The lowest BCUT2D eigenvalue weighted by molar-refractivity contribution is 0.515. The van der Waals surface area contributed by atoms with Crippen LogP contribution in [0.5, 0.6) is 0 Å².